The van der Waals surface area contributed by atoms with E-state index in [1.165, 1.54) is 51.4 Å². The molecule has 0 heterocycles. The van der Waals surface area contributed by atoms with Crippen molar-refractivity contribution in [3.05, 3.63) is 0 Å². The van der Waals surface area contributed by atoms with E-state index in [-0.39, 0.29) is 0 Å². The van der Waals surface area contributed by atoms with E-state index < -0.39 is 0 Å². The third kappa shape index (κ3) is 6.74. The monoisotopic (exact) mass is 296 g/mol. The Labute approximate surface area is 136 Å². The standard InChI is InChI=1S/C21H44/c1-9-13-18(6)19(7)15-12-16-20(14-10-2)21(8,11-3)17(4)5/h17-20H,9-16H2,1-8H3. The minimum Gasteiger partial charge on any atom is -0.0654 e. The Morgan fingerprint density at radius 1 is 0.714 bits per heavy atom. The molecule has 0 fully saturated rings. The fraction of sp³-hybridized carbons (Fsp3) is 1.00. The van der Waals surface area contributed by atoms with E-state index in [0.29, 0.717) is 5.41 Å². The van der Waals surface area contributed by atoms with Gasteiger partial charge in [-0.1, -0.05) is 100 Å². The van der Waals surface area contributed by atoms with Crippen LogP contribution in [0.1, 0.15) is 107 Å². The van der Waals surface area contributed by atoms with Gasteiger partial charge >= 0.3 is 0 Å². The highest BCUT2D eigenvalue weighted by Crippen LogP contribution is 2.44. The predicted octanol–water partition coefficient (Wildman–Crippen LogP) is 7.72. The fourth-order valence-electron chi connectivity index (χ4n) is 4.03. The molecule has 0 nitrogen and oxygen atoms in total. The highest BCUT2D eigenvalue weighted by atomic mass is 14.4. The molecule has 0 saturated carbocycles. The summed E-state index contributed by atoms with van der Waals surface area (Å²) in [5.74, 6) is 3.53. The van der Waals surface area contributed by atoms with Crippen molar-refractivity contribution in [1.82, 2.24) is 0 Å². The van der Waals surface area contributed by atoms with Crippen LogP contribution in [0.5, 0.6) is 0 Å². The second-order valence-electron chi connectivity index (χ2n) is 8.17. The Morgan fingerprint density at radius 2 is 1.24 bits per heavy atom. The number of hydrogen-bond acceptors (Lipinski definition) is 0. The summed E-state index contributed by atoms with van der Waals surface area (Å²) in [5, 5.41) is 0. The van der Waals surface area contributed by atoms with Gasteiger partial charge in [0.2, 0.25) is 0 Å². The van der Waals surface area contributed by atoms with E-state index in [9.17, 15) is 0 Å². The van der Waals surface area contributed by atoms with Crippen molar-refractivity contribution in [2.24, 2.45) is 29.1 Å². The van der Waals surface area contributed by atoms with E-state index >= 15 is 0 Å². The molecule has 0 rings (SSSR count). The molecule has 4 atom stereocenters. The van der Waals surface area contributed by atoms with Gasteiger partial charge < -0.3 is 0 Å². The first-order valence-electron chi connectivity index (χ1n) is 9.83. The van der Waals surface area contributed by atoms with E-state index in [1.807, 2.05) is 0 Å². The second kappa shape index (κ2) is 10.7. The molecule has 0 aliphatic rings. The zero-order chi connectivity index (χ0) is 16.5. The molecule has 0 spiro atoms. The average Bonchev–Trinajstić information content (AvgIpc) is 2.45. The zero-order valence-electron chi connectivity index (χ0n) is 16.5. The van der Waals surface area contributed by atoms with Crippen molar-refractivity contribution < 1.29 is 0 Å². The van der Waals surface area contributed by atoms with Crippen LogP contribution in [-0.2, 0) is 0 Å². The molecule has 0 N–H and O–H groups in total. The number of hydrogen-bond donors (Lipinski definition) is 0. The van der Waals surface area contributed by atoms with Gasteiger partial charge in [-0.05, 0) is 35.5 Å². The molecule has 0 aromatic heterocycles. The summed E-state index contributed by atoms with van der Waals surface area (Å²) in [4.78, 5) is 0. The predicted molar refractivity (Wildman–Crippen MR) is 98.7 cm³/mol. The number of rotatable bonds is 12. The van der Waals surface area contributed by atoms with Crippen molar-refractivity contribution >= 4 is 0 Å². The molecule has 0 radical (unpaired) electrons. The van der Waals surface area contributed by atoms with E-state index in [4.69, 9.17) is 0 Å². The Balaban J connectivity index is 4.46. The van der Waals surface area contributed by atoms with Gasteiger partial charge in [0.05, 0.1) is 0 Å². The van der Waals surface area contributed by atoms with E-state index in [0.717, 1.165) is 23.7 Å². The lowest BCUT2D eigenvalue weighted by molar-refractivity contribution is 0.0872. The zero-order valence-corrected chi connectivity index (χ0v) is 16.5. The summed E-state index contributed by atoms with van der Waals surface area (Å²) < 4.78 is 0. The average molecular weight is 297 g/mol. The molecule has 0 aromatic rings. The van der Waals surface area contributed by atoms with E-state index in [1.54, 1.807) is 0 Å². The van der Waals surface area contributed by atoms with Crippen LogP contribution in [0, 0.1) is 29.1 Å². The van der Waals surface area contributed by atoms with E-state index in [2.05, 4.69) is 55.4 Å². The molecule has 0 aromatic carbocycles. The van der Waals surface area contributed by atoms with Crippen LogP contribution in [0.15, 0.2) is 0 Å². The Bertz CT molecular complexity index is 242. The van der Waals surface area contributed by atoms with Crippen molar-refractivity contribution in [2.45, 2.75) is 107 Å². The molecular weight excluding hydrogens is 252 g/mol. The Kier molecular flexibility index (Phi) is 10.7. The lowest BCUT2D eigenvalue weighted by Gasteiger charge is -2.41. The SMILES string of the molecule is CCCC(C)C(C)CCCC(CCC)C(C)(CC)C(C)C. The van der Waals surface area contributed by atoms with Gasteiger partial charge in [0, 0.05) is 0 Å². The molecule has 0 amide bonds. The summed E-state index contributed by atoms with van der Waals surface area (Å²) in [5.41, 5.74) is 0.536. The van der Waals surface area contributed by atoms with Crippen LogP contribution in [0.4, 0.5) is 0 Å². The van der Waals surface area contributed by atoms with Crippen molar-refractivity contribution in [1.29, 1.82) is 0 Å². The Hall–Kier alpha value is 0. The minimum absolute atomic E-state index is 0.536. The lowest BCUT2D eigenvalue weighted by Crippen LogP contribution is -2.32. The van der Waals surface area contributed by atoms with Crippen LogP contribution < -0.4 is 0 Å². The molecular formula is C21H44. The molecule has 0 bridgehead atoms. The third-order valence-electron chi connectivity index (χ3n) is 6.58. The van der Waals surface area contributed by atoms with Crippen molar-refractivity contribution in [2.75, 3.05) is 0 Å². The Morgan fingerprint density at radius 3 is 1.67 bits per heavy atom. The van der Waals surface area contributed by atoms with Gasteiger partial charge in [0.15, 0.2) is 0 Å². The van der Waals surface area contributed by atoms with Crippen LogP contribution in [0.2, 0.25) is 0 Å². The largest absolute Gasteiger partial charge is 0.0654 e. The van der Waals surface area contributed by atoms with Gasteiger partial charge in [-0.2, -0.15) is 0 Å². The van der Waals surface area contributed by atoms with Crippen LogP contribution in [0.3, 0.4) is 0 Å². The smallest absolute Gasteiger partial charge is 0.0277 e. The quantitative estimate of drug-likeness (QED) is 0.346. The molecule has 0 heteroatoms. The molecule has 0 aliphatic heterocycles. The summed E-state index contributed by atoms with van der Waals surface area (Å²) in [7, 11) is 0. The van der Waals surface area contributed by atoms with Gasteiger partial charge in [0.1, 0.15) is 0 Å². The molecule has 128 valence electrons. The van der Waals surface area contributed by atoms with Gasteiger partial charge in [-0.25, -0.2) is 0 Å². The maximum Gasteiger partial charge on any atom is -0.0277 e. The second-order valence-corrected chi connectivity index (χ2v) is 8.17. The first kappa shape index (κ1) is 21.0. The molecule has 4 unspecified atom stereocenters. The van der Waals surface area contributed by atoms with Gasteiger partial charge in [-0.3, -0.25) is 0 Å². The van der Waals surface area contributed by atoms with Crippen LogP contribution in [0.25, 0.3) is 0 Å². The van der Waals surface area contributed by atoms with Crippen molar-refractivity contribution in [3.63, 3.8) is 0 Å². The van der Waals surface area contributed by atoms with Gasteiger partial charge in [0.25, 0.3) is 0 Å². The summed E-state index contributed by atoms with van der Waals surface area (Å²) in [6.07, 6.45) is 11.1. The normalized spacial score (nSPS) is 19.3. The van der Waals surface area contributed by atoms with Crippen LogP contribution >= 0.6 is 0 Å². The topological polar surface area (TPSA) is 0 Å². The minimum atomic E-state index is 0.536. The van der Waals surface area contributed by atoms with Crippen molar-refractivity contribution in [3.8, 4) is 0 Å². The first-order valence-corrected chi connectivity index (χ1v) is 9.83. The third-order valence-corrected chi connectivity index (χ3v) is 6.58. The summed E-state index contributed by atoms with van der Waals surface area (Å²) >= 11 is 0. The maximum atomic E-state index is 2.54. The highest BCUT2D eigenvalue weighted by Gasteiger charge is 2.34. The maximum absolute atomic E-state index is 2.54. The lowest BCUT2D eigenvalue weighted by atomic mass is 9.64. The van der Waals surface area contributed by atoms with Gasteiger partial charge in [-0.15, -0.1) is 0 Å². The molecule has 21 heavy (non-hydrogen) atoms. The van der Waals surface area contributed by atoms with Crippen LogP contribution in [-0.4, -0.2) is 0 Å². The summed E-state index contributed by atoms with van der Waals surface area (Å²) in [6, 6.07) is 0. The molecule has 0 saturated heterocycles. The summed E-state index contributed by atoms with van der Waals surface area (Å²) in [6.45, 7) is 19.4. The highest BCUT2D eigenvalue weighted by molar-refractivity contribution is 4.84. The molecule has 0 aliphatic carbocycles. The first-order chi connectivity index (χ1) is 9.83. The fourth-order valence-corrected chi connectivity index (χ4v) is 4.03.